The van der Waals surface area contributed by atoms with Gasteiger partial charge in [-0.25, -0.2) is 0 Å². The lowest BCUT2D eigenvalue weighted by atomic mass is 9.96. The third-order valence-electron chi connectivity index (χ3n) is 2.03. The van der Waals surface area contributed by atoms with E-state index in [2.05, 4.69) is 11.4 Å². The van der Waals surface area contributed by atoms with Crippen molar-refractivity contribution in [2.45, 2.75) is 25.3 Å². The van der Waals surface area contributed by atoms with Gasteiger partial charge < -0.3 is 0 Å². The van der Waals surface area contributed by atoms with Crippen molar-refractivity contribution in [3.8, 4) is 0 Å². The molecular formula is C8H10NS. The van der Waals surface area contributed by atoms with Crippen LogP contribution in [0.3, 0.4) is 0 Å². The topological polar surface area (TPSA) is 23.8 Å². The molecule has 0 aromatic carbocycles. The van der Waals surface area contributed by atoms with Crippen LogP contribution in [-0.4, -0.2) is 6.04 Å². The van der Waals surface area contributed by atoms with Crippen LogP contribution < -0.4 is 5.73 Å². The number of hydrogen-bond donors (Lipinski definition) is 0. The molecule has 0 bridgehead atoms. The molecule has 1 radical (unpaired) electrons. The van der Waals surface area contributed by atoms with Crippen LogP contribution in [0.15, 0.2) is 11.4 Å². The molecule has 1 unspecified atom stereocenters. The molecule has 0 fully saturated rings. The van der Waals surface area contributed by atoms with E-state index in [0.717, 1.165) is 19.3 Å². The van der Waals surface area contributed by atoms with Crippen LogP contribution >= 0.6 is 11.3 Å². The Bertz CT molecular complexity index is 229. The largest absolute Gasteiger partial charge is 0.254 e. The van der Waals surface area contributed by atoms with Gasteiger partial charge >= 0.3 is 0 Å². The Morgan fingerprint density at radius 2 is 2.50 bits per heavy atom. The maximum Gasteiger partial charge on any atom is 0.0264 e. The monoisotopic (exact) mass is 152 g/mol. The van der Waals surface area contributed by atoms with Gasteiger partial charge in [-0.05, 0) is 36.3 Å². The number of rotatable bonds is 0. The Morgan fingerprint density at radius 1 is 1.60 bits per heavy atom. The lowest BCUT2D eigenvalue weighted by molar-refractivity contribution is 0.569. The van der Waals surface area contributed by atoms with Crippen molar-refractivity contribution in [3.05, 3.63) is 21.9 Å². The highest BCUT2D eigenvalue weighted by Gasteiger charge is 2.15. The molecule has 1 atom stereocenters. The van der Waals surface area contributed by atoms with Crippen molar-refractivity contribution >= 4 is 11.3 Å². The summed E-state index contributed by atoms with van der Waals surface area (Å²) in [6, 6.07) is 2.37. The lowest BCUT2D eigenvalue weighted by Gasteiger charge is -2.16. The van der Waals surface area contributed by atoms with Crippen molar-refractivity contribution in [1.82, 2.24) is 5.73 Å². The van der Waals surface area contributed by atoms with Crippen LogP contribution in [0.2, 0.25) is 0 Å². The van der Waals surface area contributed by atoms with Crippen LogP contribution in [0.25, 0.3) is 0 Å². The quantitative estimate of drug-likeness (QED) is 0.542. The molecule has 0 saturated heterocycles. The summed E-state index contributed by atoms with van der Waals surface area (Å²) >= 11 is 1.81. The molecule has 1 aromatic rings. The molecule has 0 saturated carbocycles. The predicted molar refractivity (Wildman–Crippen MR) is 43.2 cm³/mol. The van der Waals surface area contributed by atoms with Crippen LogP contribution in [0.5, 0.6) is 0 Å². The van der Waals surface area contributed by atoms with Gasteiger partial charge in [0.05, 0.1) is 0 Å². The third-order valence-corrected chi connectivity index (χ3v) is 3.02. The van der Waals surface area contributed by atoms with Gasteiger partial charge in [0, 0.05) is 10.9 Å². The van der Waals surface area contributed by atoms with Crippen LogP contribution in [0, 0.1) is 0 Å². The van der Waals surface area contributed by atoms with E-state index in [1.807, 2.05) is 11.3 Å². The van der Waals surface area contributed by atoms with Gasteiger partial charge in [-0.15, -0.1) is 11.3 Å². The summed E-state index contributed by atoms with van der Waals surface area (Å²) in [4.78, 5) is 1.45. The number of aryl methyl sites for hydroxylation is 1. The standard InChI is InChI=1S/C8H10NS/c9-7-2-1-6-3-4-10-8(6)5-7/h3-4,7,9H,1-2,5H2. The van der Waals surface area contributed by atoms with E-state index in [4.69, 9.17) is 5.73 Å². The Balaban J connectivity index is 2.30. The van der Waals surface area contributed by atoms with E-state index in [1.165, 1.54) is 10.4 Å². The fourth-order valence-electron chi connectivity index (χ4n) is 1.42. The SMILES string of the molecule is [NH]C1CCc2ccsc2C1. The number of hydrogen-bond acceptors (Lipinski definition) is 1. The second kappa shape index (κ2) is 2.36. The highest BCUT2D eigenvalue weighted by Crippen LogP contribution is 2.25. The van der Waals surface area contributed by atoms with Gasteiger partial charge in [-0.2, -0.15) is 0 Å². The average molecular weight is 152 g/mol. The Labute approximate surface area is 64.9 Å². The van der Waals surface area contributed by atoms with E-state index in [1.54, 1.807) is 0 Å². The highest BCUT2D eigenvalue weighted by molar-refractivity contribution is 7.10. The molecule has 2 heteroatoms. The second-order valence-corrected chi connectivity index (χ2v) is 3.81. The minimum atomic E-state index is 0.172. The molecule has 1 nitrogen and oxygen atoms in total. The van der Waals surface area contributed by atoms with Gasteiger partial charge in [0.15, 0.2) is 0 Å². The maximum atomic E-state index is 7.55. The fraction of sp³-hybridized carbons (Fsp3) is 0.500. The average Bonchev–Trinajstić information content (AvgIpc) is 2.33. The fourth-order valence-corrected chi connectivity index (χ4v) is 2.44. The predicted octanol–water partition coefficient (Wildman–Crippen LogP) is 1.89. The molecule has 0 amide bonds. The second-order valence-electron chi connectivity index (χ2n) is 2.81. The number of nitrogens with one attached hydrogen (secondary N) is 1. The molecule has 0 aliphatic heterocycles. The first kappa shape index (κ1) is 6.38. The summed E-state index contributed by atoms with van der Waals surface area (Å²) in [5.74, 6) is 0. The van der Waals surface area contributed by atoms with Crippen LogP contribution in [0.1, 0.15) is 16.9 Å². The van der Waals surface area contributed by atoms with Gasteiger partial charge in [-0.3, -0.25) is 5.73 Å². The smallest absolute Gasteiger partial charge is 0.0264 e. The molecule has 1 aromatic heterocycles. The molecule has 1 heterocycles. The summed E-state index contributed by atoms with van der Waals surface area (Å²) in [6.07, 6.45) is 3.18. The molecule has 53 valence electrons. The van der Waals surface area contributed by atoms with Crippen molar-refractivity contribution in [1.29, 1.82) is 0 Å². The minimum absolute atomic E-state index is 0.172. The Hall–Kier alpha value is -0.340. The molecule has 1 aliphatic carbocycles. The van der Waals surface area contributed by atoms with E-state index in [-0.39, 0.29) is 6.04 Å². The summed E-state index contributed by atoms with van der Waals surface area (Å²) in [5.41, 5.74) is 9.04. The summed E-state index contributed by atoms with van der Waals surface area (Å²) < 4.78 is 0. The molecule has 0 spiro atoms. The number of thiophene rings is 1. The Morgan fingerprint density at radius 3 is 3.40 bits per heavy atom. The van der Waals surface area contributed by atoms with Crippen molar-refractivity contribution in [3.63, 3.8) is 0 Å². The lowest BCUT2D eigenvalue weighted by Crippen LogP contribution is -2.18. The van der Waals surface area contributed by atoms with Crippen LogP contribution in [-0.2, 0) is 12.8 Å². The zero-order valence-corrected chi connectivity index (χ0v) is 6.58. The van der Waals surface area contributed by atoms with Gasteiger partial charge in [0.2, 0.25) is 0 Å². The number of fused-ring (bicyclic) bond motifs is 1. The van der Waals surface area contributed by atoms with Crippen molar-refractivity contribution < 1.29 is 0 Å². The van der Waals surface area contributed by atoms with E-state index >= 15 is 0 Å². The zero-order valence-electron chi connectivity index (χ0n) is 5.76. The van der Waals surface area contributed by atoms with Crippen LogP contribution in [0.4, 0.5) is 0 Å². The molecule has 10 heavy (non-hydrogen) atoms. The highest BCUT2D eigenvalue weighted by atomic mass is 32.1. The zero-order chi connectivity index (χ0) is 6.97. The molecule has 2 rings (SSSR count). The van der Waals surface area contributed by atoms with Gasteiger partial charge in [0.25, 0.3) is 0 Å². The van der Waals surface area contributed by atoms with Gasteiger partial charge in [-0.1, -0.05) is 0 Å². The maximum absolute atomic E-state index is 7.55. The van der Waals surface area contributed by atoms with Crippen molar-refractivity contribution in [2.75, 3.05) is 0 Å². The van der Waals surface area contributed by atoms with E-state index in [0.29, 0.717) is 0 Å². The third kappa shape index (κ3) is 0.976. The van der Waals surface area contributed by atoms with E-state index in [9.17, 15) is 0 Å². The summed E-state index contributed by atoms with van der Waals surface area (Å²) in [5, 5.41) is 2.14. The Kier molecular flexibility index (Phi) is 1.51. The minimum Gasteiger partial charge on any atom is -0.254 e. The first-order valence-corrected chi connectivity index (χ1v) is 4.50. The molecule has 1 aliphatic rings. The van der Waals surface area contributed by atoms with Crippen molar-refractivity contribution in [2.24, 2.45) is 0 Å². The first-order chi connectivity index (χ1) is 4.86. The van der Waals surface area contributed by atoms with Gasteiger partial charge in [0.1, 0.15) is 0 Å². The summed E-state index contributed by atoms with van der Waals surface area (Å²) in [7, 11) is 0. The summed E-state index contributed by atoms with van der Waals surface area (Å²) in [6.45, 7) is 0. The molecular weight excluding hydrogens is 142 g/mol. The first-order valence-electron chi connectivity index (χ1n) is 3.62. The normalized spacial score (nSPS) is 24.3. The molecule has 1 N–H and O–H groups in total. The van der Waals surface area contributed by atoms with E-state index < -0.39 is 0 Å².